The first kappa shape index (κ1) is 19.3. The predicted molar refractivity (Wildman–Crippen MR) is 109 cm³/mol. The lowest BCUT2D eigenvalue weighted by Crippen LogP contribution is -2.47. The number of hydrogen-bond donors (Lipinski definition) is 4. The molecular formula is C21H20N4O5. The highest BCUT2D eigenvalue weighted by Crippen LogP contribution is 2.35. The van der Waals surface area contributed by atoms with Gasteiger partial charge in [-0.25, -0.2) is 4.79 Å². The molecule has 4 N–H and O–H groups in total. The standard InChI is InChI=1S/C21H20N4O5/c1-12(26)22-15-5-3-14(4-6-15)21(19(28)23-20(29)24-21)11-25-10-13-9-16(30-2)7-8-17(13)18(25)27/h3-10,27H,11H2,1-2H3,(H,22,26)(H2,23,24,28,29). The normalized spacial score (nSPS) is 18.2. The summed E-state index contributed by atoms with van der Waals surface area (Å²) in [5.74, 6) is -0.149. The van der Waals surface area contributed by atoms with Crippen molar-refractivity contribution in [3.63, 3.8) is 0 Å². The molecule has 9 heteroatoms. The lowest BCUT2D eigenvalue weighted by atomic mass is 9.89. The van der Waals surface area contributed by atoms with Gasteiger partial charge in [0, 0.05) is 29.6 Å². The topological polar surface area (TPSA) is 122 Å². The average molecular weight is 408 g/mol. The van der Waals surface area contributed by atoms with Crippen LogP contribution in [0.25, 0.3) is 10.8 Å². The number of aromatic nitrogens is 1. The van der Waals surface area contributed by atoms with E-state index in [1.165, 1.54) is 11.5 Å². The van der Waals surface area contributed by atoms with E-state index in [4.69, 9.17) is 4.74 Å². The number of hydrogen-bond acceptors (Lipinski definition) is 5. The van der Waals surface area contributed by atoms with Crippen molar-refractivity contribution in [2.75, 3.05) is 12.4 Å². The summed E-state index contributed by atoms with van der Waals surface area (Å²) < 4.78 is 6.73. The van der Waals surface area contributed by atoms with Crippen LogP contribution in [0.3, 0.4) is 0 Å². The van der Waals surface area contributed by atoms with Crippen molar-refractivity contribution in [1.82, 2.24) is 15.2 Å². The van der Waals surface area contributed by atoms with Crippen LogP contribution in [0, 0.1) is 0 Å². The molecule has 1 aliphatic rings. The summed E-state index contributed by atoms with van der Waals surface area (Å²) in [5.41, 5.74) is -0.356. The summed E-state index contributed by atoms with van der Waals surface area (Å²) in [6.07, 6.45) is 1.69. The number of anilines is 1. The van der Waals surface area contributed by atoms with E-state index >= 15 is 0 Å². The molecule has 0 saturated carbocycles. The average Bonchev–Trinajstić information content (AvgIpc) is 3.17. The Hall–Kier alpha value is -4.01. The molecule has 1 unspecified atom stereocenters. The van der Waals surface area contributed by atoms with Crippen molar-refractivity contribution in [3.05, 3.63) is 54.2 Å². The maximum atomic E-state index is 12.8. The number of amides is 4. The number of rotatable bonds is 5. The van der Waals surface area contributed by atoms with Gasteiger partial charge in [-0.2, -0.15) is 0 Å². The molecule has 2 heterocycles. The third-order valence-electron chi connectivity index (χ3n) is 5.11. The van der Waals surface area contributed by atoms with Crippen molar-refractivity contribution >= 4 is 34.3 Å². The minimum Gasteiger partial charge on any atom is -0.497 e. The van der Waals surface area contributed by atoms with Crippen LogP contribution in [-0.2, 0) is 21.7 Å². The van der Waals surface area contributed by atoms with E-state index in [1.807, 2.05) is 0 Å². The first-order valence-electron chi connectivity index (χ1n) is 9.20. The van der Waals surface area contributed by atoms with Crippen molar-refractivity contribution in [3.8, 4) is 11.6 Å². The molecule has 3 aromatic rings. The van der Waals surface area contributed by atoms with Gasteiger partial charge in [-0.3, -0.25) is 14.9 Å². The number of aromatic hydroxyl groups is 1. The van der Waals surface area contributed by atoms with E-state index in [1.54, 1.807) is 55.8 Å². The Morgan fingerprint density at radius 2 is 1.93 bits per heavy atom. The van der Waals surface area contributed by atoms with Gasteiger partial charge < -0.3 is 25.0 Å². The minimum absolute atomic E-state index is 0.0316. The van der Waals surface area contributed by atoms with Gasteiger partial charge in [0.05, 0.1) is 13.7 Å². The highest BCUT2D eigenvalue weighted by Gasteiger charge is 2.48. The summed E-state index contributed by atoms with van der Waals surface area (Å²) in [5, 5.41) is 19.6. The molecular weight excluding hydrogens is 388 g/mol. The third-order valence-corrected chi connectivity index (χ3v) is 5.11. The molecule has 4 rings (SSSR count). The molecule has 1 atom stereocenters. The van der Waals surface area contributed by atoms with Crippen LogP contribution in [0.2, 0.25) is 0 Å². The molecule has 4 amide bonds. The molecule has 9 nitrogen and oxygen atoms in total. The number of carbonyl (C=O) groups is 3. The van der Waals surface area contributed by atoms with Crippen molar-refractivity contribution in [2.24, 2.45) is 0 Å². The number of benzene rings is 2. The number of nitrogens with zero attached hydrogens (tertiary/aromatic N) is 1. The zero-order chi connectivity index (χ0) is 21.5. The van der Waals surface area contributed by atoms with Crippen LogP contribution in [0.5, 0.6) is 11.6 Å². The highest BCUT2D eigenvalue weighted by molar-refractivity contribution is 6.07. The molecule has 154 valence electrons. The predicted octanol–water partition coefficient (Wildman–Crippen LogP) is 2.05. The fourth-order valence-corrected chi connectivity index (χ4v) is 3.68. The number of ether oxygens (including phenoxy) is 1. The number of carbonyl (C=O) groups excluding carboxylic acids is 3. The number of urea groups is 1. The summed E-state index contributed by atoms with van der Waals surface area (Å²) in [6.45, 7) is 1.36. The summed E-state index contributed by atoms with van der Waals surface area (Å²) in [6, 6.07) is 11.2. The number of fused-ring (bicyclic) bond motifs is 1. The lowest BCUT2D eigenvalue weighted by molar-refractivity contribution is -0.124. The third kappa shape index (κ3) is 3.20. The van der Waals surface area contributed by atoms with Crippen molar-refractivity contribution in [2.45, 2.75) is 19.0 Å². The fourth-order valence-electron chi connectivity index (χ4n) is 3.68. The summed E-state index contributed by atoms with van der Waals surface area (Å²) >= 11 is 0. The van der Waals surface area contributed by atoms with Crippen LogP contribution in [0.15, 0.2) is 48.7 Å². The smallest absolute Gasteiger partial charge is 0.322 e. The fraction of sp³-hybridized carbons (Fsp3) is 0.190. The molecule has 2 aromatic carbocycles. The van der Waals surface area contributed by atoms with Crippen LogP contribution < -0.4 is 20.7 Å². The Bertz CT molecular complexity index is 1170. The second-order valence-corrected chi connectivity index (χ2v) is 7.11. The molecule has 1 aromatic heterocycles. The van der Waals surface area contributed by atoms with Crippen molar-refractivity contribution in [1.29, 1.82) is 0 Å². The van der Waals surface area contributed by atoms with Crippen LogP contribution >= 0.6 is 0 Å². The van der Waals surface area contributed by atoms with Gasteiger partial charge in [0.25, 0.3) is 5.91 Å². The number of imide groups is 1. The van der Waals surface area contributed by atoms with Gasteiger partial charge in [-0.05, 0) is 35.9 Å². The minimum atomic E-state index is -1.43. The van der Waals surface area contributed by atoms with E-state index < -0.39 is 17.5 Å². The Morgan fingerprint density at radius 1 is 1.20 bits per heavy atom. The molecule has 0 aliphatic carbocycles. The highest BCUT2D eigenvalue weighted by atomic mass is 16.5. The van der Waals surface area contributed by atoms with Gasteiger partial charge >= 0.3 is 6.03 Å². The maximum Gasteiger partial charge on any atom is 0.322 e. The molecule has 1 fully saturated rings. The van der Waals surface area contributed by atoms with E-state index in [9.17, 15) is 19.5 Å². The van der Waals surface area contributed by atoms with E-state index in [0.29, 0.717) is 22.4 Å². The van der Waals surface area contributed by atoms with Gasteiger partial charge in [0.1, 0.15) is 5.75 Å². The zero-order valence-electron chi connectivity index (χ0n) is 16.4. The van der Waals surface area contributed by atoms with E-state index in [2.05, 4.69) is 16.0 Å². The van der Waals surface area contributed by atoms with Gasteiger partial charge in [0.15, 0.2) is 11.4 Å². The summed E-state index contributed by atoms with van der Waals surface area (Å²) in [7, 11) is 1.55. The monoisotopic (exact) mass is 408 g/mol. The Labute approximate surface area is 171 Å². The number of nitrogens with one attached hydrogen (secondary N) is 3. The Balaban J connectivity index is 1.76. The molecule has 30 heavy (non-hydrogen) atoms. The van der Waals surface area contributed by atoms with Gasteiger partial charge in [-0.15, -0.1) is 0 Å². The number of methoxy groups -OCH3 is 1. The zero-order valence-corrected chi connectivity index (χ0v) is 16.4. The molecule has 0 bridgehead atoms. The second-order valence-electron chi connectivity index (χ2n) is 7.11. The van der Waals surface area contributed by atoms with Gasteiger partial charge in [0.2, 0.25) is 5.91 Å². The van der Waals surface area contributed by atoms with Crippen molar-refractivity contribution < 1.29 is 24.2 Å². The van der Waals surface area contributed by atoms with E-state index in [0.717, 1.165) is 5.39 Å². The van der Waals surface area contributed by atoms with Crippen LogP contribution in [-0.4, -0.2) is 34.6 Å². The Morgan fingerprint density at radius 3 is 2.53 bits per heavy atom. The maximum absolute atomic E-state index is 12.8. The molecule has 1 aliphatic heterocycles. The Kier molecular flexibility index (Phi) is 4.57. The first-order chi connectivity index (χ1) is 14.3. The molecule has 0 radical (unpaired) electrons. The van der Waals surface area contributed by atoms with Crippen LogP contribution in [0.4, 0.5) is 10.5 Å². The SMILES string of the molecule is COc1ccc2c(O)n(CC3(c4ccc(NC(C)=O)cc4)NC(=O)NC3=O)cc2c1. The second kappa shape index (κ2) is 7.11. The lowest BCUT2D eigenvalue weighted by Gasteiger charge is -2.27. The molecule has 1 saturated heterocycles. The summed E-state index contributed by atoms with van der Waals surface area (Å²) in [4.78, 5) is 36.1. The largest absolute Gasteiger partial charge is 0.497 e. The quantitative estimate of drug-likeness (QED) is 0.482. The first-order valence-corrected chi connectivity index (χ1v) is 9.20. The van der Waals surface area contributed by atoms with Gasteiger partial charge in [-0.1, -0.05) is 12.1 Å². The molecule has 0 spiro atoms. The van der Waals surface area contributed by atoms with E-state index in [-0.39, 0.29) is 18.3 Å². The van der Waals surface area contributed by atoms with Crippen LogP contribution in [0.1, 0.15) is 12.5 Å².